The molecule has 0 aliphatic heterocycles. The van der Waals surface area contributed by atoms with Crippen molar-refractivity contribution in [3.63, 3.8) is 0 Å². The van der Waals surface area contributed by atoms with Crippen molar-refractivity contribution in [1.29, 1.82) is 0 Å². The molecule has 0 amide bonds. The van der Waals surface area contributed by atoms with Gasteiger partial charge >= 0.3 is 0 Å². The summed E-state index contributed by atoms with van der Waals surface area (Å²) in [6.45, 7) is 8.09. The Hall–Kier alpha value is -0.300. The van der Waals surface area contributed by atoms with Crippen LogP contribution in [-0.2, 0) is 0 Å². The first kappa shape index (κ1) is 6.81. The quantitative estimate of drug-likeness (QED) is 0.442. The first-order valence-electron chi connectivity index (χ1n) is 3.66. The van der Waals surface area contributed by atoms with E-state index in [0.717, 1.165) is 18.4 Å². The molecule has 0 aromatic heterocycles. The van der Waals surface area contributed by atoms with Crippen LogP contribution >= 0.6 is 0 Å². The SMILES string of the molecule is C=CCNC[C@H]1C[C@@H]1C. The highest BCUT2D eigenvalue weighted by Crippen LogP contribution is 2.36. The van der Waals surface area contributed by atoms with Crippen LogP contribution in [0.5, 0.6) is 0 Å². The van der Waals surface area contributed by atoms with Gasteiger partial charge in [0.1, 0.15) is 0 Å². The average molecular weight is 125 g/mol. The van der Waals surface area contributed by atoms with E-state index in [4.69, 9.17) is 0 Å². The second-order valence-electron chi connectivity index (χ2n) is 2.92. The third-order valence-electron chi connectivity index (χ3n) is 1.97. The Balaban J connectivity index is 1.88. The topological polar surface area (TPSA) is 12.0 Å². The lowest BCUT2D eigenvalue weighted by Crippen LogP contribution is -2.16. The van der Waals surface area contributed by atoms with Gasteiger partial charge in [0.15, 0.2) is 0 Å². The zero-order chi connectivity index (χ0) is 6.69. The zero-order valence-corrected chi connectivity index (χ0v) is 6.06. The molecule has 0 saturated heterocycles. The van der Waals surface area contributed by atoms with Gasteiger partial charge in [0, 0.05) is 6.54 Å². The Bertz CT molecular complexity index is 98.7. The molecule has 1 heteroatoms. The van der Waals surface area contributed by atoms with Crippen LogP contribution in [0.1, 0.15) is 13.3 Å². The maximum absolute atomic E-state index is 3.63. The minimum atomic E-state index is 0.962. The molecule has 0 unspecified atom stereocenters. The predicted molar refractivity (Wildman–Crippen MR) is 40.3 cm³/mol. The first-order chi connectivity index (χ1) is 4.34. The largest absolute Gasteiger partial charge is 0.313 e. The molecule has 1 aliphatic rings. The summed E-state index contributed by atoms with van der Waals surface area (Å²) in [5.41, 5.74) is 0. The number of nitrogens with one attached hydrogen (secondary N) is 1. The van der Waals surface area contributed by atoms with Gasteiger partial charge in [-0.2, -0.15) is 0 Å². The van der Waals surface area contributed by atoms with Crippen LogP contribution in [0.2, 0.25) is 0 Å². The molecule has 0 aromatic rings. The molecule has 1 aliphatic carbocycles. The summed E-state index contributed by atoms with van der Waals surface area (Å²) in [6, 6.07) is 0. The van der Waals surface area contributed by atoms with Crippen LogP contribution in [0.15, 0.2) is 12.7 Å². The molecule has 0 bridgehead atoms. The summed E-state index contributed by atoms with van der Waals surface area (Å²) in [5.74, 6) is 1.94. The lowest BCUT2D eigenvalue weighted by molar-refractivity contribution is 0.647. The molecule has 1 rings (SSSR count). The third kappa shape index (κ3) is 2.19. The number of hydrogen-bond acceptors (Lipinski definition) is 1. The Morgan fingerprint density at radius 3 is 2.89 bits per heavy atom. The van der Waals surface area contributed by atoms with E-state index in [1.807, 2.05) is 6.08 Å². The van der Waals surface area contributed by atoms with Crippen molar-refractivity contribution in [2.75, 3.05) is 13.1 Å². The summed E-state index contributed by atoms with van der Waals surface area (Å²) >= 11 is 0. The van der Waals surface area contributed by atoms with Crippen molar-refractivity contribution >= 4 is 0 Å². The van der Waals surface area contributed by atoms with Gasteiger partial charge in [0.25, 0.3) is 0 Å². The molecule has 9 heavy (non-hydrogen) atoms. The van der Waals surface area contributed by atoms with E-state index >= 15 is 0 Å². The Kier molecular flexibility index (Phi) is 2.29. The first-order valence-corrected chi connectivity index (χ1v) is 3.66. The molecule has 1 saturated carbocycles. The Morgan fingerprint density at radius 2 is 2.44 bits per heavy atom. The molecular weight excluding hydrogens is 110 g/mol. The van der Waals surface area contributed by atoms with Gasteiger partial charge < -0.3 is 5.32 Å². The van der Waals surface area contributed by atoms with Gasteiger partial charge in [-0.05, 0) is 24.8 Å². The van der Waals surface area contributed by atoms with Crippen LogP contribution in [0.4, 0.5) is 0 Å². The molecule has 0 spiro atoms. The van der Waals surface area contributed by atoms with Gasteiger partial charge in [0.2, 0.25) is 0 Å². The van der Waals surface area contributed by atoms with E-state index in [9.17, 15) is 0 Å². The van der Waals surface area contributed by atoms with Crippen LogP contribution in [0, 0.1) is 11.8 Å². The van der Waals surface area contributed by atoms with E-state index < -0.39 is 0 Å². The fraction of sp³-hybridized carbons (Fsp3) is 0.750. The van der Waals surface area contributed by atoms with Gasteiger partial charge in [-0.25, -0.2) is 0 Å². The number of rotatable bonds is 4. The van der Waals surface area contributed by atoms with E-state index in [1.54, 1.807) is 0 Å². The van der Waals surface area contributed by atoms with Gasteiger partial charge in [-0.1, -0.05) is 13.0 Å². The summed E-state index contributed by atoms with van der Waals surface area (Å²) in [5, 5.41) is 3.31. The third-order valence-corrected chi connectivity index (χ3v) is 1.97. The number of hydrogen-bond donors (Lipinski definition) is 1. The second-order valence-corrected chi connectivity index (χ2v) is 2.92. The zero-order valence-electron chi connectivity index (χ0n) is 6.06. The fourth-order valence-electron chi connectivity index (χ4n) is 1.05. The molecule has 2 atom stereocenters. The second kappa shape index (κ2) is 3.02. The summed E-state index contributed by atoms with van der Waals surface area (Å²) in [4.78, 5) is 0. The monoisotopic (exact) mass is 125 g/mol. The molecule has 52 valence electrons. The van der Waals surface area contributed by atoms with Gasteiger partial charge in [-0.3, -0.25) is 0 Å². The highest BCUT2D eigenvalue weighted by Gasteiger charge is 2.31. The molecule has 1 fully saturated rings. The molecular formula is C8H15N. The van der Waals surface area contributed by atoms with Crippen molar-refractivity contribution in [2.24, 2.45) is 11.8 Å². The van der Waals surface area contributed by atoms with Crippen LogP contribution in [0.3, 0.4) is 0 Å². The minimum Gasteiger partial charge on any atom is -0.313 e. The van der Waals surface area contributed by atoms with E-state index in [-0.39, 0.29) is 0 Å². The summed E-state index contributed by atoms with van der Waals surface area (Å²) in [6.07, 6.45) is 3.33. The lowest BCUT2D eigenvalue weighted by atomic mass is 10.3. The Morgan fingerprint density at radius 1 is 1.78 bits per heavy atom. The van der Waals surface area contributed by atoms with Crippen molar-refractivity contribution in [3.05, 3.63) is 12.7 Å². The highest BCUT2D eigenvalue weighted by molar-refractivity contribution is 4.84. The lowest BCUT2D eigenvalue weighted by Gasteiger charge is -1.96. The van der Waals surface area contributed by atoms with Crippen LogP contribution in [-0.4, -0.2) is 13.1 Å². The molecule has 1 nitrogen and oxygen atoms in total. The smallest absolute Gasteiger partial charge is 0.0132 e. The summed E-state index contributed by atoms with van der Waals surface area (Å²) < 4.78 is 0. The van der Waals surface area contributed by atoms with Crippen LogP contribution in [0.25, 0.3) is 0 Å². The fourth-order valence-corrected chi connectivity index (χ4v) is 1.05. The highest BCUT2D eigenvalue weighted by atomic mass is 14.9. The molecule has 0 heterocycles. The predicted octanol–water partition coefficient (Wildman–Crippen LogP) is 1.42. The minimum absolute atomic E-state index is 0.962. The maximum Gasteiger partial charge on any atom is 0.0132 e. The standard InChI is InChI=1S/C8H15N/c1-3-4-9-6-8-5-7(8)2/h3,7-9H,1,4-6H2,2H3/t7-,8+/m0/s1. The maximum atomic E-state index is 3.63. The van der Waals surface area contributed by atoms with Crippen molar-refractivity contribution in [3.8, 4) is 0 Å². The van der Waals surface area contributed by atoms with E-state index in [1.165, 1.54) is 13.0 Å². The normalized spacial score (nSPS) is 32.1. The van der Waals surface area contributed by atoms with Crippen molar-refractivity contribution in [1.82, 2.24) is 5.32 Å². The molecule has 0 radical (unpaired) electrons. The molecule has 0 aromatic carbocycles. The summed E-state index contributed by atoms with van der Waals surface area (Å²) in [7, 11) is 0. The molecule has 1 N–H and O–H groups in total. The van der Waals surface area contributed by atoms with Crippen LogP contribution < -0.4 is 5.32 Å². The van der Waals surface area contributed by atoms with E-state index in [0.29, 0.717) is 0 Å². The Labute approximate surface area is 57.1 Å². The van der Waals surface area contributed by atoms with Gasteiger partial charge in [-0.15, -0.1) is 6.58 Å². The average Bonchev–Trinajstić information content (AvgIpc) is 2.48. The van der Waals surface area contributed by atoms with E-state index in [2.05, 4.69) is 18.8 Å². The van der Waals surface area contributed by atoms with Gasteiger partial charge in [0.05, 0.1) is 0 Å². The van der Waals surface area contributed by atoms with Crippen molar-refractivity contribution in [2.45, 2.75) is 13.3 Å². The van der Waals surface area contributed by atoms with Crippen molar-refractivity contribution < 1.29 is 0 Å².